The van der Waals surface area contributed by atoms with Crippen molar-refractivity contribution in [2.24, 2.45) is 11.7 Å². The summed E-state index contributed by atoms with van der Waals surface area (Å²) in [7, 11) is -3.47. The lowest BCUT2D eigenvalue weighted by Crippen LogP contribution is -2.51. The van der Waals surface area contributed by atoms with Gasteiger partial charge in [0, 0.05) is 31.5 Å². The number of hydrogen-bond acceptors (Lipinski definition) is 4. The summed E-state index contributed by atoms with van der Waals surface area (Å²) < 4.78 is 26.6. The molecule has 1 fully saturated rings. The molecule has 0 aliphatic carbocycles. The third-order valence-electron chi connectivity index (χ3n) is 3.55. The van der Waals surface area contributed by atoms with Gasteiger partial charge in [-0.1, -0.05) is 6.92 Å². The zero-order valence-electron chi connectivity index (χ0n) is 10.5. The van der Waals surface area contributed by atoms with Gasteiger partial charge < -0.3 is 5.73 Å². The average molecular weight is 269 g/mol. The number of nitrogens with two attached hydrogens (primary N) is 1. The van der Waals surface area contributed by atoms with E-state index in [9.17, 15) is 8.42 Å². The van der Waals surface area contributed by atoms with Crippen LogP contribution in [0, 0.1) is 5.92 Å². The van der Waals surface area contributed by atoms with Gasteiger partial charge in [0.05, 0.1) is 0 Å². The molecule has 0 bridgehead atoms. The van der Waals surface area contributed by atoms with Gasteiger partial charge in [0.15, 0.2) is 0 Å². The molecular formula is C12H19N3O2S. The van der Waals surface area contributed by atoms with Crippen molar-refractivity contribution in [3.05, 3.63) is 24.5 Å². The molecule has 0 radical (unpaired) electrons. The highest BCUT2D eigenvalue weighted by molar-refractivity contribution is 7.89. The molecule has 1 aliphatic heterocycles. The summed E-state index contributed by atoms with van der Waals surface area (Å²) in [5, 5.41) is 0. The maximum absolute atomic E-state index is 12.5. The predicted molar refractivity (Wildman–Crippen MR) is 69.4 cm³/mol. The van der Waals surface area contributed by atoms with Gasteiger partial charge in [-0.15, -0.1) is 0 Å². The van der Waals surface area contributed by atoms with Gasteiger partial charge in [0.25, 0.3) is 0 Å². The number of sulfonamides is 1. The summed E-state index contributed by atoms with van der Waals surface area (Å²) >= 11 is 0. The molecule has 5 nitrogen and oxygen atoms in total. The third kappa shape index (κ3) is 2.41. The van der Waals surface area contributed by atoms with Crippen molar-refractivity contribution < 1.29 is 8.42 Å². The van der Waals surface area contributed by atoms with E-state index in [1.165, 1.54) is 10.5 Å². The molecule has 0 amide bonds. The quantitative estimate of drug-likeness (QED) is 0.881. The zero-order valence-corrected chi connectivity index (χ0v) is 11.3. The van der Waals surface area contributed by atoms with Crippen LogP contribution >= 0.6 is 0 Å². The molecule has 2 atom stereocenters. The molecule has 0 spiro atoms. The van der Waals surface area contributed by atoms with E-state index >= 15 is 0 Å². The summed E-state index contributed by atoms with van der Waals surface area (Å²) in [6.45, 7) is 2.96. The summed E-state index contributed by atoms with van der Waals surface area (Å²) in [6.07, 6.45) is 4.87. The summed E-state index contributed by atoms with van der Waals surface area (Å²) in [4.78, 5) is 4.13. The van der Waals surface area contributed by atoms with Crippen LogP contribution in [0.15, 0.2) is 29.4 Å². The first-order valence-electron chi connectivity index (χ1n) is 6.19. The number of pyridine rings is 1. The maximum Gasteiger partial charge on any atom is 0.244 e. The molecule has 1 aromatic heterocycles. The highest BCUT2D eigenvalue weighted by Crippen LogP contribution is 2.28. The van der Waals surface area contributed by atoms with E-state index in [0.29, 0.717) is 19.0 Å². The van der Waals surface area contributed by atoms with Gasteiger partial charge in [-0.25, -0.2) is 8.42 Å². The average Bonchev–Trinajstić information content (AvgIpc) is 2.39. The molecule has 2 heterocycles. The Balaban J connectivity index is 2.34. The largest absolute Gasteiger partial charge is 0.329 e. The van der Waals surface area contributed by atoms with Crippen LogP contribution in [-0.4, -0.2) is 36.8 Å². The Labute approximate surface area is 108 Å². The van der Waals surface area contributed by atoms with Crippen molar-refractivity contribution in [2.75, 3.05) is 13.1 Å². The Morgan fingerprint density at radius 3 is 2.94 bits per heavy atom. The molecule has 0 saturated carbocycles. The summed E-state index contributed by atoms with van der Waals surface area (Å²) in [6, 6.07) is 3.11. The van der Waals surface area contributed by atoms with Crippen LogP contribution in [0.2, 0.25) is 0 Å². The predicted octanol–water partition coefficient (Wildman–Crippen LogP) is 0.830. The minimum atomic E-state index is -3.47. The fourth-order valence-electron chi connectivity index (χ4n) is 2.49. The normalized spacial score (nSPS) is 26.1. The summed E-state index contributed by atoms with van der Waals surface area (Å²) in [5.41, 5.74) is 5.74. The molecule has 100 valence electrons. The van der Waals surface area contributed by atoms with Crippen molar-refractivity contribution in [1.29, 1.82) is 0 Å². The van der Waals surface area contributed by atoms with Crippen LogP contribution < -0.4 is 5.73 Å². The van der Waals surface area contributed by atoms with E-state index in [-0.39, 0.29) is 10.9 Å². The van der Waals surface area contributed by atoms with Gasteiger partial charge in [-0.05, 0) is 30.9 Å². The van der Waals surface area contributed by atoms with Crippen molar-refractivity contribution in [3.8, 4) is 0 Å². The Kier molecular flexibility index (Phi) is 3.99. The van der Waals surface area contributed by atoms with Crippen LogP contribution in [0.1, 0.15) is 19.8 Å². The first kappa shape index (κ1) is 13.5. The van der Waals surface area contributed by atoms with Gasteiger partial charge in [0.2, 0.25) is 10.0 Å². The van der Waals surface area contributed by atoms with Crippen LogP contribution in [0.3, 0.4) is 0 Å². The maximum atomic E-state index is 12.5. The lowest BCUT2D eigenvalue weighted by atomic mass is 9.93. The molecular weight excluding hydrogens is 250 g/mol. The molecule has 2 N–H and O–H groups in total. The van der Waals surface area contributed by atoms with E-state index < -0.39 is 10.0 Å². The van der Waals surface area contributed by atoms with E-state index in [1.54, 1.807) is 18.3 Å². The molecule has 2 unspecified atom stereocenters. The van der Waals surface area contributed by atoms with Crippen LogP contribution in [0.5, 0.6) is 0 Å². The lowest BCUT2D eigenvalue weighted by Gasteiger charge is -2.38. The Morgan fingerprint density at radius 1 is 1.56 bits per heavy atom. The standard InChI is InChI=1S/C12H19N3O2S/c1-10-4-3-7-15(12(10)8-13)18(16,17)11-5-2-6-14-9-11/h2,5-6,9-10,12H,3-4,7-8,13H2,1H3. The van der Waals surface area contributed by atoms with Crippen molar-refractivity contribution in [3.63, 3.8) is 0 Å². The SMILES string of the molecule is CC1CCCN(S(=O)(=O)c2cccnc2)C1CN. The fraction of sp³-hybridized carbons (Fsp3) is 0.583. The zero-order chi connectivity index (χ0) is 13.2. The number of aromatic nitrogens is 1. The fourth-order valence-corrected chi connectivity index (χ4v) is 4.23. The molecule has 2 rings (SSSR count). The molecule has 0 aromatic carbocycles. The second-order valence-corrected chi connectivity index (χ2v) is 6.62. The minimum Gasteiger partial charge on any atom is -0.329 e. The molecule has 1 aromatic rings. The first-order chi connectivity index (χ1) is 8.57. The lowest BCUT2D eigenvalue weighted by molar-refractivity contribution is 0.192. The topological polar surface area (TPSA) is 76.3 Å². The van der Waals surface area contributed by atoms with E-state index in [4.69, 9.17) is 5.73 Å². The van der Waals surface area contributed by atoms with Crippen LogP contribution in [-0.2, 0) is 10.0 Å². The first-order valence-corrected chi connectivity index (χ1v) is 7.63. The second-order valence-electron chi connectivity index (χ2n) is 4.73. The van der Waals surface area contributed by atoms with E-state index in [2.05, 4.69) is 11.9 Å². The molecule has 1 saturated heterocycles. The Morgan fingerprint density at radius 2 is 2.33 bits per heavy atom. The van der Waals surface area contributed by atoms with E-state index in [1.807, 2.05) is 0 Å². The number of nitrogens with zero attached hydrogens (tertiary/aromatic N) is 2. The van der Waals surface area contributed by atoms with Gasteiger partial charge in [-0.3, -0.25) is 4.98 Å². The smallest absolute Gasteiger partial charge is 0.244 e. The van der Waals surface area contributed by atoms with Crippen molar-refractivity contribution >= 4 is 10.0 Å². The van der Waals surface area contributed by atoms with E-state index in [0.717, 1.165) is 12.8 Å². The third-order valence-corrected chi connectivity index (χ3v) is 5.46. The highest BCUT2D eigenvalue weighted by atomic mass is 32.2. The number of rotatable bonds is 3. The van der Waals surface area contributed by atoms with Gasteiger partial charge in [0.1, 0.15) is 4.90 Å². The monoisotopic (exact) mass is 269 g/mol. The molecule has 18 heavy (non-hydrogen) atoms. The van der Waals surface area contributed by atoms with Gasteiger partial charge in [-0.2, -0.15) is 4.31 Å². The van der Waals surface area contributed by atoms with Crippen LogP contribution in [0.4, 0.5) is 0 Å². The molecule has 1 aliphatic rings. The number of hydrogen-bond donors (Lipinski definition) is 1. The Bertz CT molecular complexity index is 489. The van der Waals surface area contributed by atoms with Gasteiger partial charge >= 0.3 is 0 Å². The van der Waals surface area contributed by atoms with Crippen molar-refractivity contribution in [1.82, 2.24) is 9.29 Å². The van der Waals surface area contributed by atoms with Crippen molar-refractivity contribution in [2.45, 2.75) is 30.7 Å². The minimum absolute atomic E-state index is 0.107. The summed E-state index contributed by atoms with van der Waals surface area (Å²) in [5.74, 6) is 0.301. The molecule has 6 heteroatoms. The van der Waals surface area contributed by atoms with Crippen LogP contribution in [0.25, 0.3) is 0 Å². The second kappa shape index (κ2) is 5.34. The Hall–Kier alpha value is -0.980. The number of piperidine rings is 1. The highest BCUT2D eigenvalue weighted by Gasteiger charge is 2.36.